The van der Waals surface area contributed by atoms with E-state index in [1.54, 1.807) is 0 Å². The SMILES string of the molecule is C=C1C#C/C(c2ccccc2)=C\CC(C(=O)OC)(C(=O)OC)CCC1. The van der Waals surface area contributed by atoms with Gasteiger partial charge >= 0.3 is 11.9 Å². The summed E-state index contributed by atoms with van der Waals surface area (Å²) < 4.78 is 9.85. The third kappa shape index (κ3) is 4.19. The molecule has 4 nitrogen and oxygen atoms in total. The first-order valence-corrected chi connectivity index (χ1v) is 8.15. The minimum atomic E-state index is -1.36. The number of allylic oxidation sites excluding steroid dienone is 3. The largest absolute Gasteiger partial charge is 0.468 e. The van der Waals surface area contributed by atoms with Crippen molar-refractivity contribution < 1.29 is 19.1 Å². The Morgan fingerprint density at radius 1 is 1.08 bits per heavy atom. The molecule has 0 N–H and O–H groups in total. The summed E-state index contributed by atoms with van der Waals surface area (Å²) in [4.78, 5) is 24.9. The van der Waals surface area contributed by atoms with Crippen molar-refractivity contribution >= 4 is 17.5 Å². The molecule has 1 aromatic carbocycles. The average Bonchev–Trinajstić information content (AvgIpc) is 2.65. The van der Waals surface area contributed by atoms with Gasteiger partial charge in [0.2, 0.25) is 0 Å². The van der Waals surface area contributed by atoms with Crippen LogP contribution in [0.1, 0.15) is 31.2 Å². The van der Waals surface area contributed by atoms with E-state index in [4.69, 9.17) is 9.47 Å². The third-order valence-corrected chi connectivity index (χ3v) is 4.35. The molecule has 25 heavy (non-hydrogen) atoms. The van der Waals surface area contributed by atoms with E-state index in [-0.39, 0.29) is 6.42 Å². The second kappa shape index (κ2) is 8.34. The minimum absolute atomic E-state index is 0.178. The first kappa shape index (κ1) is 18.5. The fourth-order valence-corrected chi connectivity index (χ4v) is 2.90. The third-order valence-electron chi connectivity index (χ3n) is 4.35. The van der Waals surface area contributed by atoms with Crippen LogP contribution in [0.2, 0.25) is 0 Å². The molecule has 0 saturated carbocycles. The number of carbonyl (C=O) groups is 2. The highest BCUT2D eigenvalue weighted by Gasteiger charge is 2.47. The van der Waals surface area contributed by atoms with Crippen LogP contribution in [-0.2, 0) is 19.1 Å². The molecule has 0 saturated heterocycles. The van der Waals surface area contributed by atoms with E-state index in [9.17, 15) is 9.59 Å². The van der Waals surface area contributed by atoms with Crippen molar-refractivity contribution in [2.24, 2.45) is 5.41 Å². The Morgan fingerprint density at radius 2 is 1.72 bits per heavy atom. The molecule has 4 heteroatoms. The highest BCUT2D eigenvalue weighted by Crippen LogP contribution is 2.35. The number of esters is 2. The maximum Gasteiger partial charge on any atom is 0.323 e. The Kier molecular flexibility index (Phi) is 6.19. The van der Waals surface area contributed by atoms with E-state index in [1.165, 1.54) is 14.2 Å². The van der Waals surface area contributed by atoms with Gasteiger partial charge in [-0.3, -0.25) is 9.59 Å². The Hall–Kier alpha value is -2.80. The second-order valence-electron chi connectivity index (χ2n) is 5.96. The van der Waals surface area contributed by atoms with Gasteiger partial charge in [0.25, 0.3) is 0 Å². The normalized spacial score (nSPS) is 18.8. The number of hydrogen-bond donors (Lipinski definition) is 0. The fourth-order valence-electron chi connectivity index (χ4n) is 2.90. The molecule has 2 rings (SSSR count). The summed E-state index contributed by atoms with van der Waals surface area (Å²) in [5, 5.41) is 0. The fraction of sp³-hybridized carbons (Fsp3) is 0.333. The molecule has 1 aliphatic carbocycles. The van der Waals surface area contributed by atoms with Crippen LogP contribution in [-0.4, -0.2) is 26.2 Å². The Bertz CT molecular complexity index is 731. The van der Waals surface area contributed by atoms with Crippen molar-refractivity contribution in [2.75, 3.05) is 14.2 Å². The number of carbonyl (C=O) groups excluding carboxylic acids is 2. The van der Waals surface area contributed by atoms with E-state index >= 15 is 0 Å². The molecule has 0 radical (unpaired) electrons. The van der Waals surface area contributed by atoms with Crippen molar-refractivity contribution in [3.8, 4) is 11.8 Å². The summed E-state index contributed by atoms with van der Waals surface area (Å²) in [5.74, 6) is 5.02. The van der Waals surface area contributed by atoms with Crippen LogP contribution in [0.4, 0.5) is 0 Å². The predicted molar refractivity (Wildman–Crippen MR) is 96.3 cm³/mol. The summed E-state index contributed by atoms with van der Waals surface area (Å²) in [7, 11) is 2.57. The molecular formula is C21H22O4. The number of ether oxygens (including phenoxy) is 2. The van der Waals surface area contributed by atoms with Crippen LogP contribution in [0.25, 0.3) is 5.57 Å². The summed E-state index contributed by atoms with van der Waals surface area (Å²) in [5.41, 5.74) is 1.09. The molecule has 1 aliphatic rings. The van der Waals surface area contributed by atoms with Crippen LogP contribution in [0.5, 0.6) is 0 Å². The molecule has 0 bridgehead atoms. The zero-order valence-corrected chi connectivity index (χ0v) is 14.6. The molecule has 130 valence electrons. The van der Waals surface area contributed by atoms with Gasteiger partial charge in [-0.25, -0.2) is 0 Å². The Labute approximate surface area is 148 Å². The second-order valence-corrected chi connectivity index (χ2v) is 5.96. The van der Waals surface area contributed by atoms with Gasteiger partial charge in [-0.15, -0.1) is 0 Å². The molecule has 0 unspecified atom stereocenters. The van der Waals surface area contributed by atoms with Crippen molar-refractivity contribution in [2.45, 2.75) is 25.7 Å². The molecule has 0 fully saturated rings. The van der Waals surface area contributed by atoms with Gasteiger partial charge in [-0.05, 0) is 36.8 Å². The topological polar surface area (TPSA) is 52.6 Å². The monoisotopic (exact) mass is 338 g/mol. The highest BCUT2D eigenvalue weighted by atomic mass is 16.5. The van der Waals surface area contributed by atoms with Crippen LogP contribution in [0, 0.1) is 17.3 Å². The first-order valence-electron chi connectivity index (χ1n) is 8.15. The van der Waals surface area contributed by atoms with Gasteiger partial charge in [-0.2, -0.15) is 0 Å². The number of hydrogen-bond acceptors (Lipinski definition) is 4. The van der Waals surface area contributed by atoms with Gasteiger partial charge in [0.15, 0.2) is 5.41 Å². The van der Waals surface area contributed by atoms with E-state index < -0.39 is 17.4 Å². The maximum atomic E-state index is 12.5. The van der Waals surface area contributed by atoms with Gasteiger partial charge in [0.05, 0.1) is 14.2 Å². The van der Waals surface area contributed by atoms with Crippen LogP contribution >= 0.6 is 0 Å². The average molecular weight is 338 g/mol. The summed E-state index contributed by atoms with van der Waals surface area (Å²) in [6.07, 6.45) is 3.54. The van der Waals surface area contributed by atoms with Crippen molar-refractivity contribution in [1.82, 2.24) is 0 Å². The smallest absolute Gasteiger partial charge is 0.323 e. The van der Waals surface area contributed by atoms with Crippen LogP contribution < -0.4 is 0 Å². The van der Waals surface area contributed by atoms with Crippen molar-refractivity contribution in [3.63, 3.8) is 0 Å². The van der Waals surface area contributed by atoms with E-state index in [2.05, 4.69) is 18.4 Å². The van der Waals surface area contributed by atoms with E-state index in [0.717, 1.165) is 16.7 Å². The van der Waals surface area contributed by atoms with Crippen molar-refractivity contribution in [3.05, 3.63) is 54.1 Å². The lowest BCUT2D eigenvalue weighted by atomic mass is 9.78. The standard InChI is InChI=1S/C21H22O4/c1-16-8-7-14-21(19(22)24-2,20(23)25-3)15-13-18(12-11-16)17-9-5-4-6-10-17/h4-6,9-10,13H,1,7-8,14-15H2,2-3H3/b18-13+. The first-order chi connectivity index (χ1) is 12.0. The quantitative estimate of drug-likeness (QED) is 0.481. The number of methoxy groups -OCH3 is 2. The highest BCUT2D eigenvalue weighted by molar-refractivity contribution is 6.00. The molecule has 0 heterocycles. The maximum absolute atomic E-state index is 12.5. The number of rotatable bonds is 3. The van der Waals surface area contributed by atoms with Crippen LogP contribution in [0.3, 0.4) is 0 Å². The lowest BCUT2D eigenvalue weighted by Crippen LogP contribution is -2.41. The number of benzene rings is 1. The molecule has 0 aliphatic heterocycles. The van der Waals surface area contributed by atoms with E-state index in [1.807, 2.05) is 36.4 Å². The molecule has 1 aromatic rings. The zero-order valence-electron chi connectivity index (χ0n) is 14.6. The molecule has 0 amide bonds. The minimum Gasteiger partial charge on any atom is -0.468 e. The summed E-state index contributed by atoms with van der Waals surface area (Å²) in [6.45, 7) is 3.96. The predicted octanol–water partition coefficient (Wildman–Crippen LogP) is 3.54. The van der Waals surface area contributed by atoms with Crippen molar-refractivity contribution in [1.29, 1.82) is 0 Å². The lowest BCUT2D eigenvalue weighted by molar-refractivity contribution is -0.169. The van der Waals surface area contributed by atoms with Gasteiger partial charge in [-0.1, -0.05) is 54.8 Å². The van der Waals surface area contributed by atoms with Gasteiger partial charge in [0, 0.05) is 5.57 Å². The van der Waals surface area contributed by atoms with Gasteiger partial charge < -0.3 is 9.47 Å². The Balaban J connectivity index is 2.53. The molecule has 0 aromatic heterocycles. The van der Waals surface area contributed by atoms with Crippen LogP contribution in [0.15, 0.2) is 48.6 Å². The summed E-state index contributed by atoms with van der Waals surface area (Å²) >= 11 is 0. The molecule has 0 atom stereocenters. The van der Waals surface area contributed by atoms with E-state index in [0.29, 0.717) is 19.3 Å². The Morgan fingerprint density at radius 3 is 2.32 bits per heavy atom. The zero-order chi connectivity index (χ0) is 18.3. The molecular weight excluding hydrogens is 316 g/mol. The molecule has 0 spiro atoms. The summed E-state index contributed by atoms with van der Waals surface area (Å²) in [6, 6.07) is 9.63. The lowest BCUT2D eigenvalue weighted by Gasteiger charge is -2.27. The van der Waals surface area contributed by atoms with Gasteiger partial charge in [0.1, 0.15) is 0 Å².